The molecule has 208 valence electrons. The summed E-state index contributed by atoms with van der Waals surface area (Å²) in [7, 11) is 0. The van der Waals surface area contributed by atoms with Crippen LogP contribution in [0.25, 0.3) is 22.3 Å². The van der Waals surface area contributed by atoms with Crippen LogP contribution < -0.4 is 4.74 Å². The van der Waals surface area contributed by atoms with Crippen LogP contribution in [0, 0.1) is 24.5 Å². The molecule has 0 bridgehead atoms. The topological polar surface area (TPSA) is 77.2 Å². The van der Waals surface area contributed by atoms with Crippen LogP contribution in [-0.4, -0.2) is 25.6 Å². The lowest BCUT2D eigenvalue weighted by atomic mass is 10.0. The number of halogens is 2. The number of aryl methyl sites for hydroxylation is 1. The first-order chi connectivity index (χ1) is 19.8. The molecule has 1 atom stereocenters. The number of hydrogen-bond donors (Lipinski definition) is 1. The van der Waals surface area contributed by atoms with Crippen LogP contribution in [0.1, 0.15) is 58.7 Å². The molecule has 8 heteroatoms. The van der Waals surface area contributed by atoms with E-state index in [0.717, 1.165) is 23.9 Å². The van der Waals surface area contributed by atoms with Gasteiger partial charge in [0, 0.05) is 29.7 Å². The molecule has 0 saturated heterocycles. The molecular weight excluding hydrogens is 524 g/mol. The number of carboxylic acid groups (broad SMARTS) is 1. The second-order valence-corrected chi connectivity index (χ2v) is 10.7. The first kappa shape index (κ1) is 26.6. The van der Waals surface area contributed by atoms with E-state index in [-0.39, 0.29) is 36.3 Å². The fourth-order valence-corrected chi connectivity index (χ4v) is 5.24. The number of aromatic carboxylic acids is 1. The fourth-order valence-electron chi connectivity index (χ4n) is 5.24. The highest BCUT2D eigenvalue weighted by Gasteiger charge is 2.32. The van der Waals surface area contributed by atoms with E-state index in [1.165, 1.54) is 12.1 Å². The summed E-state index contributed by atoms with van der Waals surface area (Å²) in [6, 6.07) is 20.2. The number of imidazole rings is 1. The van der Waals surface area contributed by atoms with Gasteiger partial charge in [-0.1, -0.05) is 30.3 Å². The van der Waals surface area contributed by atoms with Gasteiger partial charge in [0.2, 0.25) is 5.88 Å². The van der Waals surface area contributed by atoms with Gasteiger partial charge in [-0.15, -0.1) is 0 Å². The molecule has 3 aromatic carbocycles. The van der Waals surface area contributed by atoms with Crippen LogP contribution in [0.15, 0.2) is 72.8 Å². The molecule has 2 heterocycles. The van der Waals surface area contributed by atoms with Crippen LogP contribution in [0.2, 0.25) is 0 Å². The number of carbonyl (C=O) groups is 1. The molecule has 1 saturated carbocycles. The molecule has 5 aromatic rings. The Balaban J connectivity index is 1.25. The predicted molar refractivity (Wildman–Crippen MR) is 152 cm³/mol. The number of ether oxygens (including phenoxy) is 1. The Bertz CT molecular complexity index is 1780. The van der Waals surface area contributed by atoms with E-state index in [0.29, 0.717) is 45.5 Å². The number of carboxylic acids is 1. The van der Waals surface area contributed by atoms with E-state index in [4.69, 9.17) is 9.72 Å². The zero-order valence-corrected chi connectivity index (χ0v) is 22.8. The highest BCUT2D eigenvalue weighted by Crippen LogP contribution is 2.41. The SMILES string of the molecule is Cc1ccc(COc2cccc(-c3ccc(Cc4nc5ccc(C(=O)O)cc5n4C(C)C4CC4)c(F)c3)n2)c(F)c1. The Morgan fingerprint density at radius 1 is 1.00 bits per heavy atom. The molecule has 6 rings (SSSR count). The Morgan fingerprint density at radius 2 is 1.78 bits per heavy atom. The van der Waals surface area contributed by atoms with Crippen molar-refractivity contribution in [1.82, 2.24) is 14.5 Å². The summed E-state index contributed by atoms with van der Waals surface area (Å²) in [5.41, 5.74) is 4.51. The smallest absolute Gasteiger partial charge is 0.335 e. The summed E-state index contributed by atoms with van der Waals surface area (Å²) >= 11 is 0. The van der Waals surface area contributed by atoms with Crippen molar-refractivity contribution in [1.29, 1.82) is 0 Å². The van der Waals surface area contributed by atoms with Gasteiger partial charge in [0.05, 0.1) is 22.3 Å². The van der Waals surface area contributed by atoms with Crippen molar-refractivity contribution in [2.75, 3.05) is 0 Å². The maximum Gasteiger partial charge on any atom is 0.335 e. The minimum atomic E-state index is -0.993. The minimum Gasteiger partial charge on any atom is -0.478 e. The van der Waals surface area contributed by atoms with Crippen molar-refractivity contribution in [2.24, 2.45) is 5.92 Å². The summed E-state index contributed by atoms with van der Waals surface area (Å²) in [6.07, 6.45) is 2.48. The largest absolute Gasteiger partial charge is 0.478 e. The van der Waals surface area contributed by atoms with Crippen LogP contribution in [0.4, 0.5) is 8.78 Å². The average Bonchev–Trinajstić information content (AvgIpc) is 3.74. The van der Waals surface area contributed by atoms with E-state index in [1.54, 1.807) is 48.5 Å². The number of rotatable bonds is 9. The number of pyridine rings is 1. The van der Waals surface area contributed by atoms with E-state index in [1.807, 2.05) is 19.1 Å². The predicted octanol–water partition coefficient (Wildman–Crippen LogP) is 7.52. The molecule has 1 aliphatic rings. The Morgan fingerprint density at radius 3 is 2.51 bits per heavy atom. The van der Waals surface area contributed by atoms with Crippen LogP contribution in [0.5, 0.6) is 5.88 Å². The second-order valence-electron chi connectivity index (χ2n) is 10.7. The summed E-state index contributed by atoms with van der Waals surface area (Å²) in [4.78, 5) is 20.9. The van der Waals surface area contributed by atoms with Gasteiger partial charge in [-0.2, -0.15) is 0 Å². The third-order valence-corrected chi connectivity index (χ3v) is 7.73. The normalized spacial score (nSPS) is 13.9. The monoisotopic (exact) mass is 553 g/mol. The third kappa shape index (κ3) is 5.55. The van der Waals surface area contributed by atoms with Gasteiger partial charge in [0.25, 0.3) is 0 Å². The van der Waals surface area contributed by atoms with Crippen LogP contribution >= 0.6 is 0 Å². The molecule has 1 fully saturated rings. The molecule has 41 heavy (non-hydrogen) atoms. The Kier molecular flexibility index (Phi) is 6.99. The van der Waals surface area contributed by atoms with Gasteiger partial charge in [-0.3, -0.25) is 0 Å². The minimum absolute atomic E-state index is 0.0318. The molecule has 1 unspecified atom stereocenters. The molecule has 0 aliphatic heterocycles. The summed E-state index contributed by atoms with van der Waals surface area (Å²) < 4.78 is 37.5. The third-order valence-electron chi connectivity index (χ3n) is 7.73. The summed E-state index contributed by atoms with van der Waals surface area (Å²) in [5, 5.41) is 9.51. The van der Waals surface area contributed by atoms with Crippen molar-refractivity contribution >= 4 is 17.0 Å². The molecule has 1 N–H and O–H groups in total. The molecule has 0 amide bonds. The van der Waals surface area contributed by atoms with Crippen molar-refractivity contribution in [3.05, 3.63) is 113 Å². The lowest BCUT2D eigenvalue weighted by Crippen LogP contribution is -2.12. The highest BCUT2D eigenvalue weighted by atomic mass is 19.1. The quantitative estimate of drug-likeness (QED) is 0.204. The number of aromatic nitrogens is 3. The summed E-state index contributed by atoms with van der Waals surface area (Å²) in [5.74, 6) is -0.203. The number of fused-ring (bicyclic) bond motifs is 1. The van der Waals surface area contributed by atoms with Gasteiger partial charge in [-0.05, 0) is 80.1 Å². The molecule has 0 spiro atoms. The first-order valence-corrected chi connectivity index (χ1v) is 13.6. The lowest BCUT2D eigenvalue weighted by Gasteiger charge is -2.18. The standard InChI is InChI=1S/C33H29F2N3O3/c1-19-6-7-25(26(34)14-19)18-41-32-5-3-4-28(37-32)23-11-10-22(27(35)15-23)17-31-36-29-13-12-24(33(39)40)16-30(29)38(31)20(2)21-8-9-21/h3-7,10-16,20-21H,8-9,17-18H2,1-2H3,(H,39,40). The Hall–Kier alpha value is -4.59. The first-order valence-electron chi connectivity index (χ1n) is 13.6. The van der Waals surface area contributed by atoms with Gasteiger partial charge in [0.15, 0.2) is 0 Å². The molecular formula is C33H29F2N3O3. The second kappa shape index (κ2) is 10.8. The fraction of sp³-hybridized carbons (Fsp3) is 0.242. The maximum absolute atomic E-state index is 15.5. The number of nitrogens with zero attached hydrogens (tertiary/aromatic N) is 3. The average molecular weight is 554 g/mol. The van der Waals surface area contributed by atoms with Gasteiger partial charge >= 0.3 is 5.97 Å². The number of hydrogen-bond acceptors (Lipinski definition) is 4. The van der Waals surface area contributed by atoms with Crippen molar-refractivity contribution in [3.63, 3.8) is 0 Å². The Labute approximate surface area is 236 Å². The zero-order valence-electron chi connectivity index (χ0n) is 22.8. The van der Waals surface area contributed by atoms with E-state index < -0.39 is 5.97 Å². The van der Waals surface area contributed by atoms with Crippen LogP contribution in [0.3, 0.4) is 0 Å². The number of benzene rings is 3. The lowest BCUT2D eigenvalue weighted by molar-refractivity contribution is 0.0697. The van der Waals surface area contributed by atoms with E-state index in [2.05, 4.69) is 16.5 Å². The van der Waals surface area contributed by atoms with E-state index >= 15 is 4.39 Å². The van der Waals surface area contributed by atoms with Crippen LogP contribution in [-0.2, 0) is 13.0 Å². The molecule has 2 aromatic heterocycles. The molecule has 1 aliphatic carbocycles. The molecule has 0 radical (unpaired) electrons. The van der Waals surface area contributed by atoms with E-state index in [9.17, 15) is 14.3 Å². The van der Waals surface area contributed by atoms with Crippen molar-refractivity contribution < 1.29 is 23.4 Å². The highest BCUT2D eigenvalue weighted by molar-refractivity contribution is 5.92. The summed E-state index contributed by atoms with van der Waals surface area (Å²) in [6.45, 7) is 3.97. The van der Waals surface area contributed by atoms with Crippen molar-refractivity contribution in [3.8, 4) is 17.1 Å². The maximum atomic E-state index is 15.5. The van der Waals surface area contributed by atoms with Gasteiger partial charge in [-0.25, -0.2) is 23.5 Å². The molecule has 6 nitrogen and oxygen atoms in total. The van der Waals surface area contributed by atoms with Gasteiger partial charge in [0.1, 0.15) is 24.1 Å². The van der Waals surface area contributed by atoms with Crippen molar-refractivity contribution in [2.45, 2.75) is 45.8 Å². The zero-order chi connectivity index (χ0) is 28.7. The van der Waals surface area contributed by atoms with Gasteiger partial charge < -0.3 is 14.4 Å².